The van der Waals surface area contributed by atoms with Gasteiger partial charge in [-0.3, -0.25) is 4.79 Å². The zero-order valence-electron chi connectivity index (χ0n) is 13.8. The first-order chi connectivity index (χ1) is 11.7. The molecule has 0 bridgehead atoms. The van der Waals surface area contributed by atoms with E-state index in [4.69, 9.17) is 5.26 Å². The first-order valence-corrected chi connectivity index (χ1v) is 9.05. The number of benzene rings is 2. The van der Waals surface area contributed by atoms with Crippen LogP contribution in [0.4, 0.5) is 0 Å². The van der Waals surface area contributed by atoms with Crippen LogP contribution in [-0.2, 0) is 14.8 Å². The summed E-state index contributed by atoms with van der Waals surface area (Å²) in [4.78, 5) is 11.6. The minimum Gasteiger partial charge on any atom is -0.480 e. The molecule has 0 radical (unpaired) electrons. The molecule has 0 saturated carbocycles. The van der Waals surface area contributed by atoms with Gasteiger partial charge in [0.05, 0.1) is 16.5 Å². The number of nitrogens with zero attached hydrogens (tertiary/aromatic N) is 1. The van der Waals surface area contributed by atoms with E-state index in [0.29, 0.717) is 11.1 Å². The van der Waals surface area contributed by atoms with Gasteiger partial charge in [0, 0.05) is 5.92 Å². The molecule has 2 unspecified atom stereocenters. The van der Waals surface area contributed by atoms with Crippen molar-refractivity contribution in [1.29, 1.82) is 5.26 Å². The number of aryl methyl sites for hydroxylation is 1. The molecule has 7 heteroatoms. The first kappa shape index (κ1) is 18.6. The van der Waals surface area contributed by atoms with Gasteiger partial charge in [0.25, 0.3) is 0 Å². The Morgan fingerprint density at radius 2 is 1.68 bits per heavy atom. The standard InChI is InChI=1S/C18H18N2O4S/c1-12-3-9-16(10-4-12)25(23,24)20-17(18(21)22)13(2)15-7-5-14(11-19)6-8-15/h3-10,13,17,20H,1-2H3,(H,21,22). The lowest BCUT2D eigenvalue weighted by Crippen LogP contribution is -2.44. The molecule has 25 heavy (non-hydrogen) atoms. The maximum atomic E-state index is 12.5. The van der Waals surface area contributed by atoms with Gasteiger partial charge in [-0.2, -0.15) is 9.98 Å². The third-order valence-electron chi connectivity index (χ3n) is 3.95. The number of aliphatic carboxylic acids is 1. The fraction of sp³-hybridized carbons (Fsp3) is 0.222. The number of nitrogens with one attached hydrogen (secondary N) is 1. The number of nitriles is 1. The van der Waals surface area contributed by atoms with Crippen molar-refractivity contribution in [1.82, 2.24) is 4.72 Å². The molecule has 130 valence electrons. The smallest absolute Gasteiger partial charge is 0.322 e. The summed E-state index contributed by atoms with van der Waals surface area (Å²) in [6.45, 7) is 3.45. The summed E-state index contributed by atoms with van der Waals surface area (Å²) in [6.07, 6.45) is 0. The summed E-state index contributed by atoms with van der Waals surface area (Å²) in [5.41, 5.74) is 1.97. The molecule has 0 aliphatic heterocycles. The summed E-state index contributed by atoms with van der Waals surface area (Å²) in [5, 5.41) is 18.3. The molecule has 2 atom stereocenters. The summed E-state index contributed by atoms with van der Waals surface area (Å²) in [5.74, 6) is -1.89. The fourth-order valence-corrected chi connectivity index (χ4v) is 3.64. The van der Waals surface area contributed by atoms with Gasteiger partial charge in [-0.15, -0.1) is 0 Å². The van der Waals surface area contributed by atoms with Crippen LogP contribution >= 0.6 is 0 Å². The van der Waals surface area contributed by atoms with Crippen LogP contribution in [0.25, 0.3) is 0 Å². The number of sulfonamides is 1. The second kappa shape index (κ2) is 7.47. The zero-order chi connectivity index (χ0) is 18.6. The van der Waals surface area contributed by atoms with E-state index in [0.717, 1.165) is 5.56 Å². The Labute approximate surface area is 146 Å². The van der Waals surface area contributed by atoms with E-state index >= 15 is 0 Å². The van der Waals surface area contributed by atoms with Crippen LogP contribution in [0, 0.1) is 18.3 Å². The normalized spacial score (nSPS) is 13.6. The molecule has 6 nitrogen and oxygen atoms in total. The van der Waals surface area contributed by atoms with Crippen molar-refractivity contribution in [2.24, 2.45) is 0 Å². The number of hydrogen-bond donors (Lipinski definition) is 2. The van der Waals surface area contributed by atoms with Gasteiger partial charge < -0.3 is 5.11 Å². The Kier molecular flexibility index (Phi) is 5.57. The monoisotopic (exact) mass is 358 g/mol. The molecule has 2 rings (SSSR count). The highest BCUT2D eigenvalue weighted by molar-refractivity contribution is 7.89. The average molecular weight is 358 g/mol. The highest BCUT2D eigenvalue weighted by Crippen LogP contribution is 2.22. The second-order valence-electron chi connectivity index (χ2n) is 5.77. The van der Waals surface area contributed by atoms with Gasteiger partial charge in [0.15, 0.2) is 0 Å². The van der Waals surface area contributed by atoms with Gasteiger partial charge in [0.1, 0.15) is 6.04 Å². The van der Waals surface area contributed by atoms with E-state index in [9.17, 15) is 18.3 Å². The van der Waals surface area contributed by atoms with Crippen molar-refractivity contribution < 1.29 is 18.3 Å². The molecule has 0 fully saturated rings. The zero-order valence-corrected chi connectivity index (χ0v) is 14.6. The van der Waals surface area contributed by atoms with Crippen molar-refractivity contribution in [2.75, 3.05) is 0 Å². The predicted molar refractivity (Wildman–Crippen MR) is 92.5 cm³/mol. The van der Waals surface area contributed by atoms with E-state index in [2.05, 4.69) is 4.72 Å². The van der Waals surface area contributed by atoms with Crippen molar-refractivity contribution in [3.63, 3.8) is 0 Å². The fourth-order valence-electron chi connectivity index (χ4n) is 2.37. The molecule has 0 saturated heterocycles. The van der Waals surface area contributed by atoms with Crippen LogP contribution in [0.15, 0.2) is 53.4 Å². The molecule has 0 aliphatic carbocycles. The van der Waals surface area contributed by atoms with Gasteiger partial charge in [0.2, 0.25) is 10.0 Å². The summed E-state index contributed by atoms with van der Waals surface area (Å²) in [7, 11) is -3.97. The Morgan fingerprint density at radius 1 is 1.12 bits per heavy atom. The molecular formula is C18H18N2O4S. The molecule has 0 heterocycles. The number of carboxylic acids is 1. The average Bonchev–Trinajstić information content (AvgIpc) is 2.59. The van der Waals surface area contributed by atoms with Crippen LogP contribution in [0.1, 0.15) is 29.5 Å². The second-order valence-corrected chi connectivity index (χ2v) is 7.49. The Balaban J connectivity index is 2.29. The van der Waals surface area contributed by atoms with E-state index in [1.807, 2.05) is 13.0 Å². The van der Waals surface area contributed by atoms with Crippen LogP contribution in [0.2, 0.25) is 0 Å². The van der Waals surface area contributed by atoms with E-state index in [1.54, 1.807) is 43.3 Å². The van der Waals surface area contributed by atoms with Gasteiger partial charge in [-0.1, -0.05) is 36.8 Å². The lowest BCUT2D eigenvalue weighted by molar-refractivity contribution is -0.139. The number of hydrogen-bond acceptors (Lipinski definition) is 4. The first-order valence-electron chi connectivity index (χ1n) is 7.56. The van der Waals surface area contributed by atoms with E-state index in [-0.39, 0.29) is 4.90 Å². The SMILES string of the molecule is Cc1ccc(S(=O)(=O)NC(C(=O)O)C(C)c2ccc(C#N)cc2)cc1. The van der Waals surface area contributed by atoms with E-state index in [1.165, 1.54) is 12.1 Å². The van der Waals surface area contributed by atoms with Crippen molar-refractivity contribution in [2.45, 2.75) is 30.7 Å². The summed E-state index contributed by atoms with van der Waals surface area (Å²) >= 11 is 0. The topological polar surface area (TPSA) is 107 Å². The van der Waals surface area contributed by atoms with Crippen molar-refractivity contribution in [3.8, 4) is 6.07 Å². The highest BCUT2D eigenvalue weighted by atomic mass is 32.2. The van der Waals surface area contributed by atoms with Crippen molar-refractivity contribution in [3.05, 3.63) is 65.2 Å². The molecule has 0 aromatic heterocycles. The summed E-state index contributed by atoms with van der Waals surface area (Å²) in [6, 6.07) is 13.2. The third-order valence-corrected chi connectivity index (χ3v) is 5.40. The molecule has 2 N–H and O–H groups in total. The molecule has 2 aromatic carbocycles. The maximum absolute atomic E-state index is 12.5. The van der Waals surface area contributed by atoms with Crippen LogP contribution in [0.5, 0.6) is 0 Å². The number of carbonyl (C=O) groups is 1. The van der Waals surface area contributed by atoms with Crippen molar-refractivity contribution >= 4 is 16.0 Å². The van der Waals surface area contributed by atoms with Gasteiger partial charge in [-0.25, -0.2) is 8.42 Å². The minimum atomic E-state index is -3.97. The molecule has 0 amide bonds. The molecule has 0 aliphatic rings. The van der Waals surface area contributed by atoms with Crippen LogP contribution in [0.3, 0.4) is 0 Å². The maximum Gasteiger partial charge on any atom is 0.322 e. The third kappa shape index (κ3) is 4.44. The number of carboxylic acid groups (broad SMARTS) is 1. The van der Waals surface area contributed by atoms with E-state index < -0.39 is 28.0 Å². The summed E-state index contributed by atoms with van der Waals surface area (Å²) < 4.78 is 27.2. The molecule has 0 spiro atoms. The number of rotatable bonds is 6. The Hall–Kier alpha value is -2.69. The largest absolute Gasteiger partial charge is 0.480 e. The lowest BCUT2D eigenvalue weighted by atomic mass is 9.93. The Morgan fingerprint density at radius 3 is 2.16 bits per heavy atom. The van der Waals surface area contributed by atoms with Gasteiger partial charge >= 0.3 is 5.97 Å². The predicted octanol–water partition coefficient (Wildman–Crippen LogP) is 2.40. The molecular weight excluding hydrogens is 340 g/mol. The molecule has 2 aromatic rings. The highest BCUT2D eigenvalue weighted by Gasteiger charge is 2.31. The minimum absolute atomic E-state index is 0.0105. The van der Waals surface area contributed by atoms with Crippen LogP contribution < -0.4 is 4.72 Å². The van der Waals surface area contributed by atoms with Crippen LogP contribution in [-0.4, -0.2) is 25.5 Å². The Bertz CT molecular complexity index is 898. The van der Waals surface area contributed by atoms with Gasteiger partial charge in [-0.05, 0) is 36.8 Å². The lowest BCUT2D eigenvalue weighted by Gasteiger charge is -2.22. The quantitative estimate of drug-likeness (QED) is 0.824.